The third-order valence-corrected chi connectivity index (χ3v) is 3.41. The highest BCUT2D eigenvalue weighted by atomic mass is 32.1. The second kappa shape index (κ2) is 6.47. The normalized spacial score (nSPS) is 10.9. The molecule has 1 aromatic rings. The monoisotopic (exact) mass is 306 g/mol. The Morgan fingerprint density at radius 3 is 2.65 bits per heavy atom. The summed E-state index contributed by atoms with van der Waals surface area (Å²) in [6.07, 6.45) is -3.71. The van der Waals surface area contributed by atoms with E-state index in [4.69, 9.17) is 11.0 Å². The van der Waals surface area contributed by atoms with Crippen molar-refractivity contribution in [3.05, 3.63) is 10.4 Å². The standard InChI is InChI=1S/C11H13F3N4OS/c1-2-3-17-9(19)8-7(16)6(4-15)10(20-8)18-5-11(12,13)14/h18H,2-3,5,16H2,1H3,(H,17,19). The number of anilines is 2. The molecule has 0 saturated heterocycles. The lowest BCUT2D eigenvalue weighted by Crippen LogP contribution is -2.23. The Balaban J connectivity index is 2.97. The van der Waals surface area contributed by atoms with E-state index >= 15 is 0 Å². The predicted molar refractivity (Wildman–Crippen MR) is 70.6 cm³/mol. The quantitative estimate of drug-likeness (QED) is 0.778. The Morgan fingerprint density at radius 1 is 1.50 bits per heavy atom. The summed E-state index contributed by atoms with van der Waals surface area (Å²) in [5.74, 6) is -0.495. The fourth-order valence-corrected chi connectivity index (χ4v) is 2.33. The fraction of sp³-hybridized carbons (Fsp3) is 0.455. The van der Waals surface area contributed by atoms with Gasteiger partial charge in [-0.1, -0.05) is 6.92 Å². The number of nitrogen functional groups attached to an aromatic ring is 1. The van der Waals surface area contributed by atoms with Gasteiger partial charge in [0.1, 0.15) is 28.1 Å². The number of hydrogen-bond donors (Lipinski definition) is 3. The Bertz CT molecular complexity index is 533. The number of halogens is 3. The van der Waals surface area contributed by atoms with Crippen molar-refractivity contribution < 1.29 is 18.0 Å². The first-order chi connectivity index (χ1) is 9.30. The first kappa shape index (κ1) is 16.1. The number of alkyl halides is 3. The molecule has 0 aliphatic carbocycles. The molecule has 0 aromatic carbocycles. The van der Waals surface area contributed by atoms with Gasteiger partial charge >= 0.3 is 6.18 Å². The van der Waals surface area contributed by atoms with Gasteiger partial charge in [0.25, 0.3) is 5.91 Å². The van der Waals surface area contributed by atoms with Gasteiger partial charge in [-0.15, -0.1) is 11.3 Å². The maximum Gasteiger partial charge on any atom is 0.405 e. The average Bonchev–Trinajstić information content (AvgIpc) is 2.69. The van der Waals surface area contributed by atoms with Crippen LogP contribution in [0.4, 0.5) is 23.9 Å². The molecule has 0 unspecified atom stereocenters. The zero-order chi connectivity index (χ0) is 15.3. The molecule has 1 heterocycles. The molecule has 0 atom stereocenters. The topological polar surface area (TPSA) is 90.9 Å². The summed E-state index contributed by atoms with van der Waals surface area (Å²) in [4.78, 5) is 11.8. The number of nitrogens with zero attached hydrogens (tertiary/aromatic N) is 1. The van der Waals surface area contributed by atoms with Crippen molar-refractivity contribution in [1.82, 2.24) is 5.32 Å². The molecule has 1 amide bonds. The van der Waals surface area contributed by atoms with Gasteiger partial charge in [-0.2, -0.15) is 18.4 Å². The first-order valence-electron chi connectivity index (χ1n) is 5.71. The number of rotatable bonds is 5. The largest absolute Gasteiger partial charge is 0.405 e. The fourth-order valence-electron chi connectivity index (χ4n) is 1.35. The van der Waals surface area contributed by atoms with E-state index in [9.17, 15) is 18.0 Å². The third kappa shape index (κ3) is 4.03. The van der Waals surface area contributed by atoms with Crippen LogP contribution in [0.3, 0.4) is 0 Å². The molecule has 0 spiro atoms. The van der Waals surface area contributed by atoms with Gasteiger partial charge < -0.3 is 16.4 Å². The van der Waals surface area contributed by atoms with E-state index in [1.807, 2.05) is 6.92 Å². The minimum absolute atomic E-state index is 0.0414. The highest BCUT2D eigenvalue weighted by Gasteiger charge is 2.29. The maximum absolute atomic E-state index is 12.2. The summed E-state index contributed by atoms with van der Waals surface area (Å²) in [5.41, 5.74) is 5.39. The minimum Gasteiger partial charge on any atom is -0.396 e. The SMILES string of the molecule is CCCNC(=O)c1sc(NCC(F)(F)F)c(C#N)c1N. The second-order valence-electron chi connectivity index (χ2n) is 3.89. The molecule has 1 rings (SSSR count). The van der Waals surface area contributed by atoms with Crippen molar-refractivity contribution >= 4 is 27.9 Å². The number of nitrogens with one attached hydrogen (secondary N) is 2. The van der Waals surface area contributed by atoms with Gasteiger partial charge in [0.05, 0.1) is 5.69 Å². The Morgan fingerprint density at radius 2 is 2.15 bits per heavy atom. The number of thiophene rings is 1. The summed E-state index contributed by atoms with van der Waals surface area (Å²) in [7, 11) is 0. The van der Waals surface area contributed by atoms with Crippen LogP contribution in [-0.2, 0) is 0 Å². The van der Waals surface area contributed by atoms with Crippen molar-refractivity contribution in [3.63, 3.8) is 0 Å². The maximum atomic E-state index is 12.2. The number of amides is 1. The molecule has 5 nitrogen and oxygen atoms in total. The number of carbonyl (C=O) groups is 1. The summed E-state index contributed by atoms with van der Waals surface area (Å²) >= 11 is 0.739. The van der Waals surface area contributed by atoms with Crippen LogP contribution in [0.25, 0.3) is 0 Å². The van der Waals surface area contributed by atoms with Crippen LogP contribution < -0.4 is 16.4 Å². The zero-order valence-corrected chi connectivity index (χ0v) is 11.4. The highest BCUT2D eigenvalue weighted by Crippen LogP contribution is 2.35. The van der Waals surface area contributed by atoms with Gasteiger partial charge in [0.2, 0.25) is 0 Å². The van der Waals surface area contributed by atoms with Crippen LogP contribution in [0, 0.1) is 11.3 Å². The summed E-state index contributed by atoms with van der Waals surface area (Å²) in [5, 5.41) is 13.5. The number of hydrogen-bond acceptors (Lipinski definition) is 5. The van der Waals surface area contributed by atoms with E-state index in [1.54, 1.807) is 6.07 Å². The van der Waals surface area contributed by atoms with Gasteiger partial charge in [0.15, 0.2) is 0 Å². The molecule has 0 bridgehead atoms. The molecular weight excluding hydrogens is 293 g/mol. The third-order valence-electron chi connectivity index (χ3n) is 2.25. The molecular formula is C11H13F3N4OS. The van der Waals surface area contributed by atoms with Gasteiger partial charge in [-0.05, 0) is 6.42 Å². The van der Waals surface area contributed by atoms with E-state index in [0.717, 1.165) is 11.3 Å². The van der Waals surface area contributed by atoms with Crippen molar-refractivity contribution in [2.24, 2.45) is 0 Å². The molecule has 9 heteroatoms. The molecule has 4 N–H and O–H groups in total. The van der Waals surface area contributed by atoms with E-state index in [1.165, 1.54) is 0 Å². The van der Waals surface area contributed by atoms with Crippen LogP contribution in [0.5, 0.6) is 0 Å². The molecule has 110 valence electrons. The Kier molecular flexibility index (Phi) is 5.21. The van der Waals surface area contributed by atoms with E-state index in [0.29, 0.717) is 13.0 Å². The van der Waals surface area contributed by atoms with E-state index in [-0.39, 0.29) is 21.1 Å². The highest BCUT2D eigenvalue weighted by molar-refractivity contribution is 7.18. The van der Waals surface area contributed by atoms with Crippen molar-refractivity contribution in [2.75, 3.05) is 24.1 Å². The molecule has 0 aliphatic heterocycles. The first-order valence-corrected chi connectivity index (χ1v) is 6.53. The molecule has 0 fully saturated rings. The van der Waals surface area contributed by atoms with Crippen LogP contribution >= 0.6 is 11.3 Å². The molecule has 0 radical (unpaired) electrons. The van der Waals surface area contributed by atoms with Crippen LogP contribution in [0.15, 0.2) is 0 Å². The Hall–Kier alpha value is -1.95. The van der Waals surface area contributed by atoms with Crippen LogP contribution in [0.1, 0.15) is 28.6 Å². The van der Waals surface area contributed by atoms with Crippen molar-refractivity contribution in [3.8, 4) is 6.07 Å². The average molecular weight is 306 g/mol. The van der Waals surface area contributed by atoms with Gasteiger partial charge in [-0.25, -0.2) is 0 Å². The molecule has 0 aliphatic rings. The molecule has 1 aromatic heterocycles. The summed E-state index contributed by atoms with van der Waals surface area (Å²) in [6.45, 7) is 0.982. The lowest BCUT2D eigenvalue weighted by Gasteiger charge is -2.07. The number of carbonyl (C=O) groups excluding carboxylic acids is 1. The lowest BCUT2D eigenvalue weighted by atomic mass is 10.2. The smallest absolute Gasteiger partial charge is 0.396 e. The minimum atomic E-state index is -4.42. The lowest BCUT2D eigenvalue weighted by molar-refractivity contribution is -0.115. The van der Waals surface area contributed by atoms with Crippen molar-refractivity contribution in [2.45, 2.75) is 19.5 Å². The van der Waals surface area contributed by atoms with Gasteiger partial charge in [0, 0.05) is 6.54 Å². The molecule has 20 heavy (non-hydrogen) atoms. The zero-order valence-electron chi connectivity index (χ0n) is 10.6. The summed E-state index contributed by atoms with van der Waals surface area (Å²) < 4.78 is 36.5. The van der Waals surface area contributed by atoms with E-state index < -0.39 is 18.6 Å². The number of nitriles is 1. The second-order valence-corrected chi connectivity index (χ2v) is 4.91. The predicted octanol–water partition coefficient (Wildman–Crippen LogP) is 2.32. The summed E-state index contributed by atoms with van der Waals surface area (Å²) in [6, 6.07) is 1.71. The molecule has 0 saturated carbocycles. The van der Waals surface area contributed by atoms with Gasteiger partial charge in [-0.3, -0.25) is 4.79 Å². The Labute approximate surface area is 117 Å². The van der Waals surface area contributed by atoms with Crippen LogP contribution in [-0.4, -0.2) is 25.2 Å². The van der Waals surface area contributed by atoms with Crippen LogP contribution in [0.2, 0.25) is 0 Å². The van der Waals surface area contributed by atoms with Crippen molar-refractivity contribution in [1.29, 1.82) is 5.26 Å². The van der Waals surface area contributed by atoms with E-state index in [2.05, 4.69) is 10.6 Å². The number of nitrogens with two attached hydrogens (primary N) is 1.